The average Bonchev–Trinajstić information content (AvgIpc) is 3.40. The normalized spacial score (nSPS) is 19.6. The summed E-state index contributed by atoms with van der Waals surface area (Å²) in [7, 11) is 0. The standard InChI is InChI=1S/C22H33ClN4O2.HI/c1-2-24-22(25-11-13-29-16-17-6-5-9-19(23)14-17)26-20-10-12-27(15-20)21(28)18-7-3-4-8-18;/h5-6,9,14,18,20H,2-4,7-8,10-13,15-16H2,1H3,(H2,24,25,26);1H. The molecule has 0 radical (unpaired) electrons. The summed E-state index contributed by atoms with van der Waals surface area (Å²) in [6.45, 7) is 6.11. The number of benzene rings is 1. The molecule has 1 aliphatic carbocycles. The van der Waals surface area contributed by atoms with Crippen LogP contribution in [0.5, 0.6) is 0 Å². The molecule has 1 saturated carbocycles. The molecular formula is C22H34ClIN4O2. The highest BCUT2D eigenvalue weighted by molar-refractivity contribution is 14.0. The van der Waals surface area contributed by atoms with Crippen molar-refractivity contribution in [3.63, 3.8) is 0 Å². The number of ether oxygens (including phenoxy) is 1. The monoisotopic (exact) mass is 548 g/mol. The molecule has 0 bridgehead atoms. The van der Waals surface area contributed by atoms with Gasteiger partial charge in [0.15, 0.2) is 5.96 Å². The smallest absolute Gasteiger partial charge is 0.225 e. The lowest BCUT2D eigenvalue weighted by atomic mass is 10.1. The van der Waals surface area contributed by atoms with Crippen LogP contribution in [-0.4, -0.2) is 55.6 Å². The van der Waals surface area contributed by atoms with Gasteiger partial charge in [-0.1, -0.05) is 36.6 Å². The van der Waals surface area contributed by atoms with E-state index in [1.54, 1.807) is 0 Å². The molecule has 1 heterocycles. The quantitative estimate of drug-likeness (QED) is 0.224. The van der Waals surface area contributed by atoms with Gasteiger partial charge in [0, 0.05) is 36.6 Å². The third kappa shape index (κ3) is 7.89. The van der Waals surface area contributed by atoms with Crippen LogP contribution in [0.25, 0.3) is 0 Å². The van der Waals surface area contributed by atoms with E-state index in [1.165, 1.54) is 12.8 Å². The molecule has 1 aromatic carbocycles. The Hall–Kier alpha value is -1.06. The zero-order valence-electron chi connectivity index (χ0n) is 17.7. The third-order valence-electron chi connectivity index (χ3n) is 5.55. The summed E-state index contributed by atoms with van der Waals surface area (Å²) >= 11 is 5.99. The van der Waals surface area contributed by atoms with Crippen molar-refractivity contribution in [3.8, 4) is 0 Å². The van der Waals surface area contributed by atoms with Crippen LogP contribution in [0.2, 0.25) is 5.02 Å². The fourth-order valence-electron chi connectivity index (χ4n) is 4.06. The Labute approximate surface area is 202 Å². The van der Waals surface area contributed by atoms with Crippen LogP contribution in [-0.2, 0) is 16.1 Å². The first-order valence-corrected chi connectivity index (χ1v) is 11.2. The van der Waals surface area contributed by atoms with Gasteiger partial charge >= 0.3 is 0 Å². The minimum absolute atomic E-state index is 0. The number of halogens is 2. The summed E-state index contributed by atoms with van der Waals surface area (Å²) in [5, 5.41) is 7.49. The molecule has 3 rings (SSSR count). The zero-order valence-corrected chi connectivity index (χ0v) is 20.8. The number of amides is 1. The first-order valence-electron chi connectivity index (χ1n) is 10.8. The molecule has 1 aliphatic heterocycles. The molecule has 8 heteroatoms. The number of likely N-dealkylation sites (tertiary alicyclic amines) is 1. The molecule has 1 amide bonds. The van der Waals surface area contributed by atoms with E-state index in [2.05, 4.69) is 22.5 Å². The minimum atomic E-state index is 0. The van der Waals surface area contributed by atoms with Crippen molar-refractivity contribution in [2.75, 3.05) is 32.8 Å². The van der Waals surface area contributed by atoms with Crippen molar-refractivity contribution >= 4 is 47.4 Å². The van der Waals surface area contributed by atoms with Crippen LogP contribution >= 0.6 is 35.6 Å². The molecule has 168 valence electrons. The second kappa shape index (κ2) is 13.4. The minimum Gasteiger partial charge on any atom is -0.375 e. The molecule has 1 saturated heterocycles. The van der Waals surface area contributed by atoms with Crippen molar-refractivity contribution in [3.05, 3.63) is 34.9 Å². The summed E-state index contributed by atoms with van der Waals surface area (Å²) in [5.74, 6) is 1.40. The molecular weight excluding hydrogens is 515 g/mol. The molecule has 0 spiro atoms. The van der Waals surface area contributed by atoms with Gasteiger partial charge in [0.1, 0.15) is 0 Å². The van der Waals surface area contributed by atoms with E-state index in [4.69, 9.17) is 16.3 Å². The van der Waals surface area contributed by atoms with Crippen LogP contribution in [0.3, 0.4) is 0 Å². The summed E-state index contributed by atoms with van der Waals surface area (Å²) in [6, 6.07) is 7.95. The molecule has 30 heavy (non-hydrogen) atoms. The fourth-order valence-corrected chi connectivity index (χ4v) is 4.27. The molecule has 1 unspecified atom stereocenters. The second-order valence-corrected chi connectivity index (χ2v) is 8.28. The number of nitrogens with one attached hydrogen (secondary N) is 2. The van der Waals surface area contributed by atoms with E-state index in [9.17, 15) is 4.79 Å². The topological polar surface area (TPSA) is 66.0 Å². The Bertz CT molecular complexity index is 697. The number of carbonyl (C=O) groups is 1. The lowest BCUT2D eigenvalue weighted by Crippen LogP contribution is -2.45. The van der Waals surface area contributed by atoms with Gasteiger partial charge in [-0.3, -0.25) is 9.79 Å². The predicted octanol–water partition coefficient (Wildman–Crippen LogP) is 3.82. The Morgan fingerprint density at radius 1 is 1.30 bits per heavy atom. The zero-order chi connectivity index (χ0) is 20.5. The molecule has 6 nitrogen and oxygen atoms in total. The highest BCUT2D eigenvalue weighted by Crippen LogP contribution is 2.27. The van der Waals surface area contributed by atoms with Crippen molar-refractivity contribution in [2.24, 2.45) is 10.9 Å². The molecule has 2 aliphatic rings. The molecule has 2 fully saturated rings. The number of hydrogen-bond donors (Lipinski definition) is 2. The molecule has 1 atom stereocenters. The lowest BCUT2D eigenvalue weighted by molar-refractivity contribution is -0.134. The maximum absolute atomic E-state index is 12.6. The maximum Gasteiger partial charge on any atom is 0.225 e. The molecule has 2 N–H and O–H groups in total. The SMILES string of the molecule is CCNC(=NCCOCc1cccc(Cl)c1)NC1CCN(C(=O)C2CCCC2)C1.I. The highest BCUT2D eigenvalue weighted by Gasteiger charge is 2.32. The average molecular weight is 549 g/mol. The van der Waals surface area contributed by atoms with Crippen LogP contribution in [0.15, 0.2) is 29.3 Å². The van der Waals surface area contributed by atoms with Crippen molar-refractivity contribution in [1.82, 2.24) is 15.5 Å². The van der Waals surface area contributed by atoms with Gasteiger partial charge in [-0.25, -0.2) is 0 Å². The van der Waals surface area contributed by atoms with Gasteiger partial charge in [0.05, 0.1) is 19.8 Å². The Morgan fingerprint density at radius 3 is 2.83 bits per heavy atom. The first kappa shape index (κ1) is 25.2. The van der Waals surface area contributed by atoms with E-state index >= 15 is 0 Å². The summed E-state index contributed by atoms with van der Waals surface area (Å²) in [6.07, 6.45) is 5.48. The number of carbonyl (C=O) groups excluding carboxylic acids is 1. The second-order valence-electron chi connectivity index (χ2n) is 7.84. The van der Waals surface area contributed by atoms with Crippen molar-refractivity contribution in [2.45, 2.75) is 51.7 Å². The summed E-state index contributed by atoms with van der Waals surface area (Å²) < 4.78 is 5.70. The predicted molar refractivity (Wildman–Crippen MR) is 133 cm³/mol. The number of nitrogens with zero attached hydrogens (tertiary/aromatic N) is 2. The maximum atomic E-state index is 12.6. The van der Waals surface area contributed by atoms with E-state index in [0.29, 0.717) is 25.7 Å². The Balaban J connectivity index is 0.00000320. The summed E-state index contributed by atoms with van der Waals surface area (Å²) in [5.41, 5.74) is 1.06. The van der Waals surface area contributed by atoms with Gasteiger partial charge in [-0.05, 0) is 43.9 Å². The van der Waals surface area contributed by atoms with Gasteiger partial charge in [-0.2, -0.15) is 0 Å². The summed E-state index contributed by atoms with van der Waals surface area (Å²) in [4.78, 5) is 19.3. The van der Waals surface area contributed by atoms with Gasteiger partial charge in [-0.15, -0.1) is 24.0 Å². The van der Waals surface area contributed by atoms with Gasteiger partial charge < -0.3 is 20.3 Å². The fraction of sp³-hybridized carbons (Fsp3) is 0.636. The Kier molecular flexibility index (Phi) is 11.2. The number of hydrogen-bond acceptors (Lipinski definition) is 3. The van der Waals surface area contributed by atoms with Crippen LogP contribution in [0, 0.1) is 5.92 Å². The first-order chi connectivity index (χ1) is 14.2. The van der Waals surface area contributed by atoms with Gasteiger partial charge in [0.2, 0.25) is 5.91 Å². The van der Waals surface area contributed by atoms with Crippen LogP contribution in [0.4, 0.5) is 0 Å². The van der Waals surface area contributed by atoms with E-state index in [0.717, 1.165) is 55.4 Å². The Morgan fingerprint density at radius 2 is 2.10 bits per heavy atom. The third-order valence-corrected chi connectivity index (χ3v) is 5.79. The van der Waals surface area contributed by atoms with E-state index in [-0.39, 0.29) is 35.9 Å². The van der Waals surface area contributed by atoms with E-state index in [1.807, 2.05) is 29.2 Å². The van der Waals surface area contributed by atoms with Crippen molar-refractivity contribution in [1.29, 1.82) is 0 Å². The number of guanidine groups is 1. The highest BCUT2D eigenvalue weighted by atomic mass is 127. The number of rotatable bonds is 8. The molecule has 1 aromatic rings. The van der Waals surface area contributed by atoms with Gasteiger partial charge in [0.25, 0.3) is 0 Å². The molecule has 0 aromatic heterocycles. The van der Waals surface area contributed by atoms with E-state index < -0.39 is 0 Å². The number of aliphatic imine (C=N–C) groups is 1. The van der Waals surface area contributed by atoms with Crippen LogP contribution < -0.4 is 10.6 Å². The van der Waals surface area contributed by atoms with Crippen LogP contribution in [0.1, 0.15) is 44.6 Å². The van der Waals surface area contributed by atoms with Crippen molar-refractivity contribution < 1.29 is 9.53 Å². The lowest BCUT2D eigenvalue weighted by Gasteiger charge is -2.21. The largest absolute Gasteiger partial charge is 0.375 e.